The molecule has 0 saturated carbocycles. The molecule has 2 aromatic rings. The van der Waals surface area contributed by atoms with Crippen molar-refractivity contribution in [3.63, 3.8) is 0 Å². The molecule has 0 radical (unpaired) electrons. The van der Waals surface area contributed by atoms with Crippen LogP contribution in [0, 0.1) is 0 Å². The van der Waals surface area contributed by atoms with Crippen LogP contribution in [0.1, 0.15) is 39.2 Å². The standard InChI is InChI=1S/C14H18N2O3S2/c1-3-5-9(4-2)16-13(19)10-6-7-20-12(10)15-14(16)21-8-11(17)18/h6-7,9H,3-5,8H2,1-2H3,(H,17,18). The van der Waals surface area contributed by atoms with Crippen molar-refractivity contribution in [1.82, 2.24) is 9.55 Å². The van der Waals surface area contributed by atoms with Crippen LogP contribution in [-0.2, 0) is 4.79 Å². The van der Waals surface area contributed by atoms with Crippen LogP contribution in [0.15, 0.2) is 21.4 Å². The summed E-state index contributed by atoms with van der Waals surface area (Å²) in [6.45, 7) is 4.12. The fraction of sp³-hybridized carbons (Fsp3) is 0.500. The highest BCUT2D eigenvalue weighted by molar-refractivity contribution is 7.99. The van der Waals surface area contributed by atoms with Gasteiger partial charge < -0.3 is 5.11 Å². The lowest BCUT2D eigenvalue weighted by Crippen LogP contribution is -2.27. The number of fused-ring (bicyclic) bond motifs is 1. The van der Waals surface area contributed by atoms with Crippen molar-refractivity contribution >= 4 is 39.3 Å². The third kappa shape index (κ3) is 3.47. The minimum absolute atomic E-state index is 0.0607. The van der Waals surface area contributed by atoms with Crippen LogP contribution >= 0.6 is 23.1 Å². The summed E-state index contributed by atoms with van der Waals surface area (Å²) >= 11 is 2.52. The molecule has 0 aromatic carbocycles. The minimum atomic E-state index is -0.907. The summed E-state index contributed by atoms with van der Waals surface area (Å²) in [5.41, 5.74) is -0.0607. The largest absolute Gasteiger partial charge is 0.481 e. The molecule has 0 aliphatic rings. The lowest BCUT2D eigenvalue weighted by Gasteiger charge is -2.20. The summed E-state index contributed by atoms with van der Waals surface area (Å²) in [5, 5.41) is 11.8. The Morgan fingerprint density at radius 3 is 2.90 bits per heavy atom. The molecule has 0 fully saturated rings. The number of rotatable bonds is 7. The Labute approximate surface area is 131 Å². The van der Waals surface area contributed by atoms with Gasteiger partial charge in [0.15, 0.2) is 5.16 Å². The molecule has 2 aromatic heterocycles. The predicted molar refractivity (Wildman–Crippen MR) is 86.5 cm³/mol. The maximum absolute atomic E-state index is 12.7. The van der Waals surface area contributed by atoms with Crippen LogP contribution in [0.2, 0.25) is 0 Å². The van der Waals surface area contributed by atoms with E-state index < -0.39 is 5.97 Å². The molecule has 0 aliphatic carbocycles. The van der Waals surface area contributed by atoms with E-state index in [1.54, 1.807) is 10.6 Å². The van der Waals surface area contributed by atoms with Crippen molar-refractivity contribution < 1.29 is 9.90 Å². The highest BCUT2D eigenvalue weighted by Gasteiger charge is 2.19. The number of aliphatic carboxylic acids is 1. The molecule has 2 heterocycles. The first kappa shape index (κ1) is 16.0. The van der Waals surface area contributed by atoms with E-state index in [0.717, 1.165) is 31.0 Å². The van der Waals surface area contributed by atoms with Crippen LogP contribution in [0.5, 0.6) is 0 Å². The molecular formula is C14H18N2O3S2. The highest BCUT2D eigenvalue weighted by atomic mass is 32.2. The monoisotopic (exact) mass is 326 g/mol. The third-order valence-electron chi connectivity index (χ3n) is 3.28. The summed E-state index contributed by atoms with van der Waals surface area (Å²) in [7, 11) is 0. The summed E-state index contributed by atoms with van der Waals surface area (Å²) in [6, 6.07) is 1.85. The topological polar surface area (TPSA) is 72.2 Å². The van der Waals surface area contributed by atoms with Gasteiger partial charge in [-0.15, -0.1) is 11.3 Å². The fourth-order valence-electron chi connectivity index (χ4n) is 2.31. The normalized spacial score (nSPS) is 12.7. The number of hydrogen-bond acceptors (Lipinski definition) is 5. The number of carbonyl (C=O) groups is 1. The van der Waals surface area contributed by atoms with E-state index in [9.17, 15) is 9.59 Å². The minimum Gasteiger partial charge on any atom is -0.481 e. The van der Waals surface area contributed by atoms with E-state index in [0.29, 0.717) is 15.4 Å². The average molecular weight is 326 g/mol. The van der Waals surface area contributed by atoms with Crippen molar-refractivity contribution in [3.05, 3.63) is 21.8 Å². The van der Waals surface area contributed by atoms with Gasteiger partial charge in [-0.3, -0.25) is 14.2 Å². The second-order valence-electron chi connectivity index (χ2n) is 4.74. The van der Waals surface area contributed by atoms with E-state index in [-0.39, 0.29) is 17.4 Å². The van der Waals surface area contributed by atoms with Crippen molar-refractivity contribution in [2.24, 2.45) is 0 Å². The zero-order chi connectivity index (χ0) is 15.4. The Kier molecular flexibility index (Phi) is 5.41. The number of thiophene rings is 1. The van der Waals surface area contributed by atoms with Crippen molar-refractivity contribution in [3.8, 4) is 0 Å². The first-order valence-electron chi connectivity index (χ1n) is 6.92. The van der Waals surface area contributed by atoms with E-state index in [2.05, 4.69) is 11.9 Å². The summed E-state index contributed by atoms with van der Waals surface area (Å²) < 4.78 is 1.69. The number of nitrogens with zero attached hydrogens (tertiary/aromatic N) is 2. The van der Waals surface area contributed by atoms with Gasteiger partial charge in [0.05, 0.1) is 11.1 Å². The Morgan fingerprint density at radius 1 is 1.52 bits per heavy atom. The van der Waals surface area contributed by atoms with E-state index >= 15 is 0 Å². The van der Waals surface area contributed by atoms with Gasteiger partial charge in [0, 0.05) is 6.04 Å². The zero-order valence-corrected chi connectivity index (χ0v) is 13.7. The van der Waals surface area contributed by atoms with Crippen molar-refractivity contribution in [2.45, 2.75) is 44.3 Å². The quantitative estimate of drug-likeness (QED) is 0.624. The number of carboxylic acids is 1. The highest BCUT2D eigenvalue weighted by Crippen LogP contribution is 2.26. The fourth-order valence-corrected chi connectivity index (χ4v) is 3.90. The first-order valence-corrected chi connectivity index (χ1v) is 8.79. The zero-order valence-electron chi connectivity index (χ0n) is 12.0. The molecule has 1 N–H and O–H groups in total. The van der Waals surface area contributed by atoms with Gasteiger partial charge in [-0.25, -0.2) is 4.98 Å². The number of carboxylic acid groups (broad SMARTS) is 1. The Balaban J connectivity index is 2.56. The van der Waals surface area contributed by atoms with Gasteiger partial charge in [-0.05, 0) is 24.3 Å². The smallest absolute Gasteiger partial charge is 0.313 e. The molecular weight excluding hydrogens is 308 g/mol. The molecule has 1 unspecified atom stereocenters. The van der Waals surface area contributed by atoms with Crippen LogP contribution in [0.4, 0.5) is 0 Å². The molecule has 0 aliphatic heterocycles. The molecule has 2 rings (SSSR count). The molecule has 21 heavy (non-hydrogen) atoms. The van der Waals surface area contributed by atoms with Gasteiger partial charge in [0.25, 0.3) is 5.56 Å². The van der Waals surface area contributed by atoms with E-state index in [1.807, 2.05) is 12.3 Å². The van der Waals surface area contributed by atoms with Crippen molar-refractivity contribution in [1.29, 1.82) is 0 Å². The second-order valence-corrected chi connectivity index (χ2v) is 6.58. The van der Waals surface area contributed by atoms with Crippen LogP contribution in [-0.4, -0.2) is 26.4 Å². The summed E-state index contributed by atoms with van der Waals surface area (Å²) in [4.78, 5) is 28.7. The average Bonchev–Trinajstić information content (AvgIpc) is 2.92. The van der Waals surface area contributed by atoms with Gasteiger partial charge in [-0.2, -0.15) is 0 Å². The molecule has 0 saturated heterocycles. The molecule has 0 spiro atoms. The maximum Gasteiger partial charge on any atom is 0.313 e. The Bertz CT molecular complexity index is 693. The van der Waals surface area contributed by atoms with Gasteiger partial charge >= 0.3 is 5.97 Å². The molecule has 5 nitrogen and oxygen atoms in total. The van der Waals surface area contributed by atoms with Crippen LogP contribution < -0.4 is 5.56 Å². The lowest BCUT2D eigenvalue weighted by molar-refractivity contribution is -0.133. The predicted octanol–water partition coefficient (Wildman–Crippen LogP) is 3.39. The number of thioether (sulfide) groups is 1. The van der Waals surface area contributed by atoms with Crippen molar-refractivity contribution in [2.75, 3.05) is 5.75 Å². The number of hydrogen-bond donors (Lipinski definition) is 1. The maximum atomic E-state index is 12.7. The molecule has 0 amide bonds. The summed E-state index contributed by atoms with van der Waals surface area (Å²) in [5.74, 6) is -0.998. The van der Waals surface area contributed by atoms with E-state index in [1.165, 1.54) is 11.3 Å². The molecule has 0 bridgehead atoms. The third-order valence-corrected chi connectivity index (χ3v) is 5.02. The molecule has 114 valence electrons. The summed E-state index contributed by atoms with van der Waals surface area (Å²) in [6.07, 6.45) is 2.68. The Hall–Kier alpha value is -1.34. The van der Waals surface area contributed by atoms with Crippen LogP contribution in [0.3, 0.4) is 0 Å². The second kappa shape index (κ2) is 7.09. The van der Waals surface area contributed by atoms with Gasteiger partial charge in [-0.1, -0.05) is 32.0 Å². The van der Waals surface area contributed by atoms with Gasteiger partial charge in [0.1, 0.15) is 4.83 Å². The Morgan fingerprint density at radius 2 is 2.29 bits per heavy atom. The van der Waals surface area contributed by atoms with Crippen LogP contribution in [0.25, 0.3) is 10.2 Å². The van der Waals surface area contributed by atoms with E-state index in [4.69, 9.17) is 5.11 Å². The van der Waals surface area contributed by atoms with Gasteiger partial charge in [0.2, 0.25) is 0 Å². The lowest BCUT2D eigenvalue weighted by atomic mass is 10.1. The SMILES string of the molecule is CCCC(CC)n1c(SCC(=O)O)nc2sccc2c1=O. The number of aromatic nitrogens is 2. The molecule has 7 heteroatoms. The molecule has 1 atom stereocenters. The first-order chi connectivity index (χ1) is 10.1.